The highest BCUT2D eigenvalue weighted by Crippen LogP contribution is 2.21. The molecule has 7 heteroatoms. The van der Waals surface area contributed by atoms with Crippen LogP contribution in [0.15, 0.2) is 18.2 Å². The first-order valence-electron chi connectivity index (χ1n) is 3.91. The van der Waals surface area contributed by atoms with E-state index in [2.05, 4.69) is 0 Å². The molecule has 0 N–H and O–H groups in total. The largest absolute Gasteiger partial charge is 0.299 e. The summed E-state index contributed by atoms with van der Waals surface area (Å²) in [4.78, 5) is 0. The zero-order valence-electron chi connectivity index (χ0n) is 7.75. The molecule has 0 bridgehead atoms. The maximum absolute atomic E-state index is 13.2. The molecule has 1 aromatic rings. The second kappa shape index (κ2) is 4.65. The standard InChI is InChI=1S/C8H8Cl2FNO2S/c1-12(15(10,13)14)5-6-7(9)3-2-4-8(6)11/h2-4H,5H2,1H3. The maximum atomic E-state index is 13.2. The third-order valence-corrected chi connectivity index (χ3v) is 3.75. The first-order chi connectivity index (χ1) is 6.82. The Labute approximate surface area is 97.0 Å². The number of nitrogens with zero attached hydrogens (tertiary/aromatic N) is 1. The lowest BCUT2D eigenvalue weighted by atomic mass is 10.2. The van der Waals surface area contributed by atoms with Gasteiger partial charge in [-0.05, 0) is 12.1 Å². The normalized spacial score (nSPS) is 12.1. The number of hydrogen-bond acceptors (Lipinski definition) is 2. The Kier molecular flexibility index (Phi) is 3.94. The molecule has 0 unspecified atom stereocenters. The molecule has 0 fully saturated rings. The van der Waals surface area contributed by atoms with Crippen LogP contribution in [0.4, 0.5) is 4.39 Å². The predicted molar refractivity (Wildman–Crippen MR) is 57.6 cm³/mol. The third kappa shape index (κ3) is 3.31. The van der Waals surface area contributed by atoms with Crippen LogP contribution in [0.2, 0.25) is 5.02 Å². The van der Waals surface area contributed by atoms with E-state index >= 15 is 0 Å². The van der Waals surface area contributed by atoms with Crippen molar-refractivity contribution in [3.8, 4) is 0 Å². The van der Waals surface area contributed by atoms with E-state index in [9.17, 15) is 12.8 Å². The van der Waals surface area contributed by atoms with Crippen LogP contribution in [-0.2, 0) is 15.8 Å². The van der Waals surface area contributed by atoms with Crippen molar-refractivity contribution >= 4 is 31.5 Å². The summed E-state index contributed by atoms with van der Waals surface area (Å²) in [6.45, 7) is -0.197. The highest BCUT2D eigenvalue weighted by molar-refractivity contribution is 8.11. The molecule has 0 aliphatic heterocycles. The second-order valence-electron chi connectivity index (χ2n) is 2.90. The van der Waals surface area contributed by atoms with E-state index in [0.29, 0.717) is 0 Å². The van der Waals surface area contributed by atoms with Gasteiger partial charge in [0.25, 0.3) is 9.24 Å². The van der Waals surface area contributed by atoms with Crippen LogP contribution in [-0.4, -0.2) is 19.8 Å². The minimum Gasteiger partial charge on any atom is -0.207 e. The zero-order valence-corrected chi connectivity index (χ0v) is 10.1. The van der Waals surface area contributed by atoms with Crippen molar-refractivity contribution in [1.29, 1.82) is 0 Å². The molecule has 0 radical (unpaired) electrons. The van der Waals surface area contributed by atoms with Crippen LogP contribution < -0.4 is 0 Å². The van der Waals surface area contributed by atoms with Gasteiger partial charge in [0, 0.05) is 34.9 Å². The fourth-order valence-corrected chi connectivity index (χ4v) is 1.64. The van der Waals surface area contributed by atoms with Crippen molar-refractivity contribution in [2.24, 2.45) is 0 Å². The summed E-state index contributed by atoms with van der Waals surface area (Å²) >= 11 is 5.72. The first-order valence-corrected chi connectivity index (χ1v) is 6.55. The average Bonchev–Trinajstić information content (AvgIpc) is 2.09. The molecule has 0 aliphatic carbocycles. The van der Waals surface area contributed by atoms with E-state index in [0.717, 1.165) is 4.31 Å². The first kappa shape index (κ1) is 12.7. The average molecular weight is 272 g/mol. The summed E-state index contributed by atoms with van der Waals surface area (Å²) in [6.07, 6.45) is 0. The maximum Gasteiger partial charge on any atom is 0.299 e. The molecule has 0 atom stereocenters. The van der Waals surface area contributed by atoms with E-state index in [1.807, 2.05) is 0 Å². The summed E-state index contributed by atoms with van der Waals surface area (Å²) in [5, 5.41) is 0.169. The van der Waals surface area contributed by atoms with Crippen molar-refractivity contribution in [2.75, 3.05) is 7.05 Å². The van der Waals surface area contributed by atoms with Gasteiger partial charge in [0.15, 0.2) is 0 Å². The molecule has 0 saturated heterocycles. The summed E-state index contributed by atoms with van der Waals surface area (Å²) in [6, 6.07) is 4.13. The van der Waals surface area contributed by atoms with Crippen LogP contribution in [0.1, 0.15) is 5.56 Å². The van der Waals surface area contributed by atoms with Crippen LogP contribution >= 0.6 is 22.3 Å². The Balaban J connectivity index is 3.00. The Morgan fingerprint density at radius 3 is 2.53 bits per heavy atom. The summed E-state index contributed by atoms with van der Waals surface area (Å²) in [5.74, 6) is -0.560. The van der Waals surface area contributed by atoms with Crippen LogP contribution in [0.3, 0.4) is 0 Å². The van der Waals surface area contributed by atoms with Gasteiger partial charge in [-0.3, -0.25) is 0 Å². The Bertz CT molecular complexity index is 443. The molecule has 1 rings (SSSR count). The van der Waals surface area contributed by atoms with Gasteiger partial charge < -0.3 is 0 Å². The van der Waals surface area contributed by atoms with Crippen molar-refractivity contribution in [2.45, 2.75) is 6.54 Å². The van der Waals surface area contributed by atoms with Crippen molar-refractivity contribution in [3.63, 3.8) is 0 Å². The lowest BCUT2D eigenvalue weighted by Crippen LogP contribution is -2.22. The molecular formula is C8H8Cl2FNO2S. The summed E-state index contributed by atoms with van der Waals surface area (Å²) in [7, 11) is 2.46. The summed E-state index contributed by atoms with van der Waals surface area (Å²) < 4.78 is 35.8. The van der Waals surface area contributed by atoms with E-state index in [1.165, 1.54) is 25.2 Å². The van der Waals surface area contributed by atoms with Gasteiger partial charge in [-0.25, -0.2) is 4.39 Å². The molecule has 0 amide bonds. The monoisotopic (exact) mass is 271 g/mol. The number of hydrogen-bond donors (Lipinski definition) is 0. The van der Waals surface area contributed by atoms with Gasteiger partial charge in [0.05, 0.1) is 0 Å². The van der Waals surface area contributed by atoms with Gasteiger partial charge in [0.1, 0.15) is 5.82 Å². The molecule has 0 spiro atoms. The van der Waals surface area contributed by atoms with Gasteiger partial charge in [0.2, 0.25) is 0 Å². The van der Waals surface area contributed by atoms with Crippen molar-refractivity contribution < 1.29 is 12.8 Å². The van der Waals surface area contributed by atoms with Crippen molar-refractivity contribution in [3.05, 3.63) is 34.6 Å². The fourth-order valence-electron chi connectivity index (χ4n) is 0.983. The summed E-state index contributed by atoms with van der Waals surface area (Å²) in [5.41, 5.74) is 0.103. The van der Waals surface area contributed by atoms with Crippen LogP contribution in [0, 0.1) is 5.82 Å². The van der Waals surface area contributed by atoms with Crippen molar-refractivity contribution in [1.82, 2.24) is 4.31 Å². The number of benzene rings is 1. The van der Waals surface area contributed by atoms with Gasteiger partial charge in [-0.1, -0.05) is 17.7 Å². The molecule has 1 aromatic carbocycles. The molecule has 84 valence electrons. The SMILES string of the molecule is CN(Cc1c(F)cccc1Cl)S(=O)(=O)Cl. The smallest absolute Gasteiger partial charge is 0.207 e. The van der Waals surface area contributed by atoms with Gasteiger partial charge in [-0.15, -0.1) is 0 Å². The lowest BCUT2D eigenvalue weighted by Gasteiger charge is -2.13. The fraction of sp³-hybridized carbons (Fsp3) is 0.250. The molecule has 3 nitrogen and oxygen atoms in total. The molecular weight excluding hydrogens is 264 g/mol. The lowest BCUT2D eigenvalue weighted by molar-refractivity contribution is 0.468. The highest BCUT2D eigenvalue weighted by atomic mass is 35.7. The number of rotatable bonds is 3. The Morgan fingerprint density at radius 1 is 1.47 bits per heavy atom. The van der Waals surface area contributed by atoms with E-state index in [1.54, 1.807) is 0 Å². The molecule has 0 heterocycles. The third-order valence-electron chi connectivity index (χ3n) is 1.81. The molecule has 0 saturated carbocycles. The van der Waals surface area contributed by atoms with Crippen LogP contribution in [0.5, 0.6) is 0 Å². The molecule has 15 heavy (non-hydrogen) atoms. The van der Waals surface area contributed by atoms with E-state index in [-0.39, 0.29) is 17.1 Å². The highest BCUT2D eigenvalue weighted by Gasteiger charge is 2.17. The van der Waals surface area contributed by atoms with Gasteiger partial charge >= 0.3 is 0 Å². The minimum atomic E-state index is -3.85. The van der Waals surface area contributed by atoms with Crippen LogP contribution in [0.25, 0.3) is 0 Å². The van der Waals surface area contributed by atoms with E-state index < -0.39 is 15.1 Å². The van der Waals surface area contributed by atoms with Gasteiger partial charge in [-0.2, -0.15) is 12.7 Å². The molecule has 0 aliphatic rings. The van der Waals surface area contributed by atoms with E-state index in [4.69, 9.17) is 22.3 Å². The number of halogens is 3. The Hall–Kier alpha value is -0.360. The topological polar surface area (TPSA) is 37.4 Å². The minimum absolute atomic E-state index is 0.103. The Morgan fingerprint density at radius 2 is 2.07 bits per heavy atom. The zero-order chi connectivity index (χ0) is 11.6. The predicted octanol–water partition coefficient (Wildman–Crippen LogP) is 2.39. The molecule has 0 aromatic heterocycles. The second-order valence-corrected chi connectivity index (χ2v) is 5.92. The quantitative estimate of drug-likeness (QED) is 0.792.